The van der Waals surface area contributed by atoms with Gasteiger partial charge in [0.2, 0.25) is 0 Å². The smallest absolute Gasteiger partial charge is 0.416 e. The lowest BCUT2D eigenvalue weighted by Gasteiger charge is -2.00. The fourth-order valence-electron chi connectivity index (χ4n) is 0.287. The maximum atomic E-state index is 10.4. The van der Waals surface area contributed by atoms with Crippen molar-refractivity contribution >= 4 is 12.2 Å². The normalized spacial score (nSPS) is 8.20. The molecule has 0 aliphatic carbocycles. The number of ether oxygens (including phenoxy) is 2. The summed E-state index contributed by atoms with van der Waals surface area (Å²) in [6, 6.07) is 0. The summed E-state index contributed by atoms with van der Waals surface area (Å²) in [6.45, 7) is 1.82. The summed E-state index contributed by atoms with van der Waals surface area (Å²) in [5.74, 6) is 0. The Kier molecular flexibility index (Phi) is 4.02. The molecule has 0 heterocycles. The molecule has 0 bridgehead atoms. The Morgan fingerprint density at radius 1 is 1.50 bits per heavy atom. The van der Waals surface area contributed by atoms with Gasteiger partial charge in [0.15, 0.2) is 0 Å². The number of imide groups is 1. The SMILES string of the molecule is [CH2]OC(=O)NC(=O)OCC. The zero-order valence-electron chi connectivity index (χ0n) is 5.55. The molecular weight excluding hydrogens is 138 g/mol. The number of hydrogen-bond acceptors (Lipinski definition) is 4. The van der Waals surface area contributed by atoms with Crippen molar-refractivity contribution in [1.29, 1.82) is 0 Å². The molecule has 0 rings (SSSR count). The molecule has 5 nitrogen and oxygen atoms in total. The summed E-state index contributed by atoms with van der Waals surface area (Å²) >= 11 is 0. The van der Waals surface area contributed by atoms with Gasteiger partial charge < -0.3 is 9.47 Å². The molecule has 0 saturated carbocycles. The fraction of sp³-hybridized carbons (Fsp3) is 0.400. The van der Waals surface area contributed by atoms with Gasteiger partial charge in [-0.15, -0.1) is 0 Å². The van der Waals surface area contributed by atoms with E-state index >= 15 is 0 Å². The van der Waals surface area contributed by atoms with Gasteiger partial charge in [-0.05, 0) is 6.92 Å². The van der Waals surface area contributed by atoms with Crippen LogP contribution in [0.3, 0.4) is 0 Å². The van der Waals surface area contributed by atoms with Crippen molar-refractivity contribution in [2.75, 3.05) is 6.61 Å². The maximum Gasteiger partial charge on any atom is 0.416 e. The zero-order chi connectivity index (χ0) is 7.98. The molecule has 10 heavy (non-hydrogen) atoms. The summed E-state index contributed by atoms with van der Waals surface area (Å²) in [7, 11) is 2.78. The van der Waals surface area contributed by atoms with Gasteiger partial charge in [-0.1, -0.05) is 0 Å². The van der Waals surface area contributed by atoms with E-state index in [1.54, 1.807) is 12.2 Å². The molecule has 0 atom stereocenters. The number of carbonyl (C=O) groups is 2. The largest absolute Gasteiger partial charge is 0.449 e. The van der Waals surface area contributed by atoms with Crippen LogP contribution in [0.25, 0.3) is 0 Å². The molecule has 0 aromatic carbocycles. The molecule has 0 aromatic heterocycles. The van der Waals surface area contributed by atoms with Gasteiger partial charge in [0.05, 0.1) is 6.61 Å². The number of hydrogen-bond donors (Lipinski definition) is 1. The Bertz CT molecular complexity index is 134. The highest BCUT2D eigenvalue weighted by atomic mass is 16.6. The molecule has 0 spiro atoms. The number of carbonyl (C=O) groups excluding carboxylic acids is 2. The Morgan fingerprint density at radius 2 is 2.10 bits per heavy atom. The van der Waals surface area contributed by atoms with Crippen LogP contribution >= 0.6 is 0 Å². The summed E-state index contributed by atoms with van der Waals surface area (Å²) in [5.41, 5.74) is 0. The third kappa shape index (κ3) is 3.71. The van der Waals surface area contributed by atoms with Crippen molar-refractivity contribution < 1.29 is 19.1 Å². The van der Waals surface area contributed by atoms with Gasteiger partial charge in [0, 0.05) is 0 Å². The minimum Gasteiger partial charge on any atom is -0.449 e. The molecule has 0 unspecified atom stereocenters. The van der Waals surface area contributed by atoms with Crippen LogP contribution in [-0.4, -0.2) is 18.8 Å². The number of nitrogens with one attached hydrogen (secondary N) is 1. The Labute approximate surface area is 58.3 Å². The van der Waals surface area contributed by atoms with Crippen LogP contribution in [0.4, 0.5) is 9.59 Å². The average Bonchev–Trinajstić information content (AvgIpc) is 1.88. The molecular formula is C5H8NO4. The van der Waals surface area contributed by atoms with Gasteiger partial charge in [-0.2, -0.15) is 0 Å². The van der Waals surface area contributed by atoms with Crippen molar-refractivity contribution in [3.63, 3.8) is 0 Å². The maximum absolute atomic E-state index is 10.4. The standard InChI is InChI=1S/C5H8NO4/c1-3-10-5(8)6-4(7)9-2/h2-3H2,1H3,(H,6,7,8). The second-order valence-electron chi connectivity index (χ2n) is 1.28. The molecule has 0 fully saturated rings. The summed E-state index contributed by atoms with van der Waals surface area (Å²) in [4.78, 5) is 20.6. The molecule has 0 aliphatic rings. The Hall–Kier alpha value is -1.26. The highest BCUT2D eigenvalue weighted by Crippen LogP contribution is 1.78. The lowest BCUT2D eigenvalue weighted by molar-refractivity contribution is 0.142. The number of alkyl carbamates (subject to hydrolysis) is 2. The minimum absolute atomic E-state index is 0.205. The van der Waals surface area contributed by atoms with Crippen molar-refractivity contribution in [1.82, 2.24) is 5.32 Å². The van der Waals surface area contributed by atoms with Gasteiger partial charge in [0.25, 0.3) is 0 Å². The summed E-state index contributed by atoms with van der Waals surface area (Å²) < 4.78 is 8.20. The first-order chi connectivity index (χ1) is 4.70. The van der Waals surface area contributed by atoms with Crippen molar-refractivity contribution in [2.24, 2.45) is 0 Å². The average molecular weight is 146 g/mol. The van der Waals surface area contributed by atoms with Gasteiger partial charge >= 0.3 is 12.2 Å². The number of rotatable bonds is 1. The van der Waals surface area contributed by atoms with E-state index in [9.17, 15) is 9.59 Å². The molecule has 5 heteroatoms. The van der Waals surface area contributed by atoms with Gasteiger partial charge in [-0.25, -0.2) is 14.9 Å². The van der Waals surface area contributed by atoms with E-state index in [4.69, 9.17) is 0 Å². The van der Waals surface area contributed by atoms with Crippen LogP contribution in [0, 0.1) is 7.11 Å². The predicted molar refractivity (Wildman–Crippen MR) is 32.0 cm³/mol. The monoisotopic (exact) mass is 146 g/mol. The van der Waals surface area contributed by atoms with E-state index in [2.05, 4.69) is 16.6 Å². The first kappa shape index (κ1) is 8.74. The summed E-state index contributed by atoms with van der Waals surface area (Å²) in [5, 5.41) is 1.75. The minimum atomic E-state index is -0.932. The van der Waals surface area contributed by atoms with Crippen LogP contribution in [0.1, 0.15) is 6.92 Å². The van der Waals surface area contributed by atoms with Crippen molar-refractivity contribution in [3.05, 3.63) is 7.11 Å². The molecule has 2 amide bonds. The highest BCUT2D eigenvalue weighted by molar-refractivity contribution is 5.87. The highest BCUT2D eigenvalue weighted by Gasteiger charge is 2.05. The van der Waals surface area contributed by atoms with E-state index in [0.717, 1.165) is 0 Å². The quantitative estimate of drug-likeness (QED) is 0.590. The van der Waals surface area contributed by atoms with Gasteiger partial charge in [-0.3, -0.25) is 0 Å². The lowest BCUT2D eigenvalue weighted by Crippen LogP contribution is -2.30. The van der Waals surface area contributed by atoms with Crippen molar-refractivity contribution in [3.8, 4) is 0 Å². The third-order valence-corrected chi connectivity index (χ3v) is 0.611. The van der Waals surface area contributed by atoms with Crippen LogP contribution < -0.4 is 5.32 Å². The van der Waals surface area contributed by atoms with E-state index < -0.39 is 12.2 Å². The topological polar surface area (TPSA) is 64.6 Å². The molecule has 57 valence electrons. The van der Waals surface area contributed by atoms with E-state index in [-0.39, 0.29) is 6.61 Å². The van der Waals surface area contributed by atoms with Crippen LogP contribution in [0.5, 0.6) is 0 Å². The van der Waals surface area contributed by atoms with E-state index in [1.807, 2.05) is 0 Å². The Morgan fingerprint density at radius 3 is 2.50 bits per heavy atom. The lowest BCUT2D eigenvalue weighted by atomic mass is 10.9. The molecule has 0 aromatic rings. The fourth-order valence-corrected chi connectivity index (χ4v) is 0.287. The van der Waals surface area contributed by atoms with Crippen LogP contribution in [-0.2, 0) is 9.47 Å². The van der Waals surface area contributed by atoms with Crippen molar-refractivity contribution in [2.45, 2.75) is 6.92 Å². The van der Waals surface area contributed by atoms with Gasteiger partial charge in [0.1, 0.15) is 7.11 Å². The zero-order valence-corrected chi connectivity index (χ0v) is 5.55. The Balaban J connectivity index is 3.47. The third-order valence-electron chi connectivity index (χ3n) is 0.611. The van der Waals surface area contributed by atoms with Crippen LogP contribution in [0.15, 0.2) is 0 Å². The second-order valence-corrected chi connectivity index (χ2v) is 1.28. The molecule has 1 N–H and O–H groups in total. The molecule has 1 radical (unpaired) electrons. The second kappa shape index (κ2) is 4.60. The molecule has 0 aliphatic heterocycles. The predicted octanol–water partition coefficient (Wildman–Crippen LogP) is 0.661. The first-order valence-electron chi connectivity index (χ1n) is 2.60. The summed E-state index contributed by atoms with van der Waals surface area (Å²) in [6.07, 6.45) is -1.77. The van der Waals surface area contributed by atoms with E-state index in [1.165, 1.54) is 0 Å². The molecule has 0 saturated heterocycles. The number of amides is 2. The first-order valence-corrected chi connectivity index (χ1v) is 2.60. The van der Waals surface area contributed by atoms with Crippen LogP contribution in [0.2, 0.25) is 0 Å². The van der Waals surface area contributed by atoms with E-state index in [0.29, 0.717) is 0 Å².